The molecule has 6 rings (SSSR count). The average Bonchev–Trinajstić information content (AvgIpc) is 3.58. The zero-order chi connectivity index (χ0) is 29.2. The highest BCUT2D eigenvalue weighted by Gasteiger charge is 2.37. The number of nitrogens with zero attached hydrogens (tertiary/aromatic N) is 4. The van der Waals surface area contributed by atoms with Gasteiger partial charge in [0, 0.05) is 12.4 Å². The van der Waals surface area contributed by atoms with Crippen molar-refractivity contribution < 1.29 is 0 Å². The molecule has 0 N–H and O–H groups in total. The van der Waals surface area contributed by atoms with Crippen LogP contribution in [0.3, 0.4) is 0 Å². The maximum absolute atomic E-state index is 5.37. The molecular formula is C38H36N4. The van der Waals surface area contributed by atoms with Crippen LogP contribution in [0.25, 0.3) is 0 Å². The molecule has 1 unspecified atom stereocenters. The van der Waals surface area contributed by atoms with Crippen LogP contribution in [0, 0.1) is 0 Å². The topological polar surface area (TPSA) is 43.6 Å². The maximum atomic E-state index is 5.37. The van der Waals surface area contributed by atoms with Crippen molar-refractivity contribution in [2.45, 2.75) is 44.1 Å². The molecule has 1 atom stereocenters. The van der Waals surface area contributed by atoms with E-state index in [0.717, 1.165) is 28.3 Å². The molecular weight excluding hydrogens is 512 g/mol. The summed E-state index contributed by atoms with van der Waals surface area (Å²) < 4.78 is 2.05. The number of pyridine rings is 2. The molecule has 0 spiro atoms. The van der Waals surface area contributed by atoms with Crippen molar-refractivity contribution in [2.24, 2.45) is 0 Å². The van der Waals surface area contributed by atoms with Gasteiger partial charge in [-0.05, 0) is 74.7 Å². The van der Waals surface area contributed by atoms with Crippen LogP contribution in [-0.2, 0) is 16.4 Å². The smallest absolute Gasteiger partial charge is 0.126 e. The zero-order valence-corrected chi connectivity index (χ0v) is 24.6. The fourth-order valence-corrected chi connectivity index (χ4v) is 5.92. The minimum atomic E-state index is -0.578. The molecule has 0 aliphatic rings. The first kappa shape index (κ1) is 27.3. The van der Waals surface area contributed by atoms with E-state index >= 15 is 0 Å². The average molecular weight is 549 g/mol. The molecule has 6 aromatic rings. The van der Waals surface area contributed by atoms with Gasteiger partial charge in [-0.3, -0.25) is 14.6 Å². The summed E-state index contributed by atoms with van der Waals surface area (Å²) in [5.41, 5.74) is 5.96. The Morgan fingerprint density at radius 1 is 0.476 bits per heavy atom. The summed E-state index contributed by atoms with van der Waals surface area (Å²) in [4.78, 5) is 10.1. The Kier molecular flexibility index (Phi) is 7.07. The highest BCUT2D eigenvalue weighted by atomic mass is 15.3. The molecule has 3 heterocycles. The summed E-state index contributed by atoms with van der Waals surface area (Å²) in [5.74, 6) is 0. The maximum Gasteiger partial charge on any atom is 0.126 e. The summed E-state index contributed by atoms with van der Waals surface area (Å²) in [6.07, 6.45) is 3.91. The third-order valence-electron chi connectivity index (χ3n) is 8.79. The second-order valence-electron chi connectivity index (χ2n) is 11.7. The summed E-state index contributed by atoms with van der Waals surface area (Å²) in [6, 6.07) is 46.3. The molecule has 0 saturated heterocycles. The van der Waals surface area contributed by atoms with Gasteiger partial charge >= 0.3 is 0 Å². The monoisotopic (exact) mass is 548 g/mol. The van der Waals surface area contributed by atoms with Gasteiger partial charge in [0.2, 0.25) is 0 Å². The molecule has 0 aliphatic carbocycles. The number of hydrogen-bond acceptors (Lipinski definition) is 3. The van der Waals surface area contributed by atoms with Gasteiger partial charge in [-0.25, -0.2) is 0 Å². The Balaban J connectivity index is 1.44. The molecule has 0 saturated carbocycles. The second kappa shape index (κ2) is 10.9. The number of aromatic nitrogens is 4. The summed E-state index contributed by atoms with van der Waals surface area (Å²) >= 11 is 0. The largest absolute Gasteiger partial charge is 0.258 e. The van der Waals surface area contributed by atoms with E-state index in [1.54, 1.807) is 0 Å². The normalized spacial score (nSPS) is 13.4. The van der Waals surface area contributed by atoms with E-state index in [4.69, 9.17) is 15.1 Å². The zero-order valence-electron chi connectivity index (χ0n) is 24.6. The predicted molar refractivity (Wildman–Crippen MR) is 170 cm³/mol. The van der Waals surface area contributed by atoms with Crippen LogP contribution in [0.15, 0.2) is 146 Å². The molecule has 208 valence electrons. The highest BCUT2D eigenvalue weighted by molar-refractivity contribution is 5.48. The molecule has 0 bridgehead atoms. The highest BCUT2D eigenvalue weighted by Crippen LogP contribution is 2.40. The molecule has 0 aliphatic heterocycles. The molecule has 3 aromatic carbocycles. The van der Waals surface area contributed by atoms with Crippen molar-refractivity contribution in [3.05, 3.63) is 185 Å². The van der Waals surface area contributed by atoms with Gasteiger partial charge in [0.15, 0.2) is 0 Å². The van der Waals surface area contributed by atoms with E-state index in [0.29, 0.717) is 0 Å². The van der Waals surface area contributed by atoms with Crippen LogP contribution in [-0.4, -0.2) is 19.7 Å². The van der Waals surface area contributed by atoms with E-state index in [2.05, 4.69) is 149 Å². The Bertz CT molecular complexity index is 1680. The second-order valence-corrected chi connectivity index (χ2v) is 11.7. The lowest BCUT2D eigenvalue weighted by Crippen LogP contribution is -2.35. The lowest BCUT2D eigenvalue weighted by Gasteiger charge is -2.33. The fourth-order valence-electron chi connectivity index (χ4n) is 5.92. The number of hydrogen-bond donors (Lipinski definition) is 0. The lowest BCUT2D eigenvalue weighted by molar-refractivity contribution is 0.404. The molecule has 42 heavy (non-hydrogen) atoms. The van der Waals surface area contributed by atoms with Crippen molar-refractivity contribution in [1.29, 1.82) is 0 Å². The minimum Gasteiger partial charge on any atom is -0.258 e. The van der Waals surface area contributed by atoms with Crippen LogP contribution >= 0.6 is 0 Å². The third kappa shape index (κ3) is 4.63. The van der Waals surface area contributed by atoms with Crippen molar-refractivity contribution in [1.82, 2.24) is 19.7 Å². The van der Waals surface area contributed by atoms with E-state index in [1.807, 2.05) is 29.1 Å². The van der Waals surface area contributed by atoms with E-state index in [9.17, 15) is 0 Å². The Morgan fingerprint density at radius 2 is 1.00 bits per heavy atom. The standard InChI is InChI=1S/C38H36N4/c1-36(2,33-26-28-42(41-33)38(4,31-21-12-7-13-22-31)35-23-14-15-27-39-35)32-24-16-25-34(40-32)37(3,29-17-8-5-9-18-29)30-19-10-6-11-20-30/h5-28H,1-4H3. The first-order valence-electron chi connectivity index (χ1n) is 14.5. The molecule has 4 heteroatoms. The van der Waals surface area contributed by atoms with Crippen LogP contribution in [0.2, 0.25) is 0 Å². The summed E-state index contributed by atoms with van der Waals surface area (Å²) in [7, 11) is 0. The molecule has 0 radical (unpaired) electrons. The van der Waals surface area contributed by atoms with Crippen molar-refractivity contribution in [3.63, 3.8) is 0 Å². The van der Waals surface area contributed by atoms with E-state index < -0.39 is 16.4 Å². The quantitative estimate of drug-likeness (QED) is 0.193. The number of benzene rings is 3. The SMILES string of the molecule is CC(C)(c1cccc(C(C)(c2ccccc2)c2ccccc2)n1)c1ccn(C(C)(c2ccccc2)c2ccccn2)n1. The third-order valence-corrected chi connectivity index (χ3v) is 8.79. The van der Waals surface area contributed by atoms with Crippen LogP contribution < -0.4 is 0 Å². The first-order chi connectivity index (χ1) is 20.3. The minimum absolute atomic E-state index is 0.418. The van der Waals surface area contributed by atoms with Gasteiger partial charge in [0.1, 0.15) is 5.54 Å². The van der Waals surface area contributed by atoms with Crippen LogP contribution in [0.4, 0.5) is 0 Å². The lowest BCUT2D eigenvalue weighted by atomic mass is 9.73. The van der Waals surface area contributed by atoms with Crippen molar-refractivity contribution in [2.75, 3.05) is 0 Å². The van der Waals surface area contributed by atoms with E-state index in [-0.39, 0.29) is 0 Å². The molecule has 0 amide bonds. The Hall–Kier alpha value is -4.83. The predicted octanol–water partition coefficient (Wildman–Crippen LogP) is 8.17. The summed E-state index contributed by atoms with van der Waals surface area (Å²) in [6.45, 7) is 8.85. The summed E-state index contributed by atoms with van der Waals surface area (Å²) in [5, 5.41) is 5.23. The Morgan fingerprint density at radius 3 is 1.57 bits per heavy atom. The van der Waals surface area contributed by atoms with Gasteiger partial charge in [-0.2, -0.15) is 5.10 Å². The molecule has 0 fully saturated rings. The first-order valence-corrected chi connectivity index (χ1v) is 14.5. The van der Waals surface area contributed by atoms with Gasteiger partial charge < -0.3 is 0 Å². The Labute approximate surface area is 248 Å². The molecule has 4 nitrogen and oxygen atoms in total. The van der Waals surface area contributed by atoms with Gasteiger partial charge in [0.25, 0.3) is 0 Å². The van der Waals surface area contributed by atoms with Crippen molar-refractivity contribution >= 4 is 0 Å². The van der Waals surface area contributed by atoms with Crippen molar-refractivity contribution in [3.8, 4) is 0 Å². The van der Waals surface area contributed by atoms with Crippen LogP contribution in [0.5, 0.6) is 0 Å². The number of rotatable bonds is 8. The van der Waals surface area contributed by atoms with Gasteiger partial charge in [-0.1, -0.05) is 103 Å². The van der Waals surface area contributed by atoms with E-state index in [1.165, 1.54) is 11.1 Å². The molecule has 3 aromatic heterocycles. The van der Waals surface area contributed by atoms with Crippen LogP contribution in [0.1, 0.15) is 67.2 Å². The van der Waals surface area contributed by atoms with Gasteiger partial charge in [0.05, 0.1) is 33.6 Å². The van der Waals surface area contributed by atoms with Gasteiger partial charge in [-0.15, -0.1) is 0 Å². The fraction of sp³-hybridized carbons (Fsp3) is 0.184.